The Kier molecular flexibility index (Phi) is 4.89. The van der Waals surface area contributed by atoms with E-state index in [1.165, 1.54) is 0 Å². The van der Waals surface area contributed by atoms with Gasteiger partial charge in [0.2, 0.25) is 6.79 Å². The molecule has 3 aromatic rings. The number of rotatable bonds is 3. The number of aliphatic hydroxyl groups excluding tert-OH is 1. The van der Waals surface area contributed by atoms with Crippen molar-refractivity contribution in [2.45, 2.75) is 18.5 Å². The zero-order valence-electron chi connectivity index (χ0n) is 18.4. The number of nitrogens with zero attached hydrogens (tertiary/aromatic N) is 2. The number of likely N-dealkylation sites (tertiary alicyclic amines) is 1. The Morgan fingerprint density at radius 2 is 1.85 bits per heavy atom. The molecule has 6 rings (SSSR count). The quantitative estimate of drug-likeness (QED) is 0.624. The number of carbonyl (C=O) groups is 1. The summed E-state index contributed by atoms with van der Waals surface area (Å²) in [5, 5.41) is 22.7. The Bertz CT molecular complexity index is 1310. The average Bonchev–Trinajstić information content (AvgIpc) is 3.55. The maximum atomic E-state index is 13.6. The Labute approximate surface area is 197 Å². The largest absolute Gasteiger partial charge is 0.454 e. The molecular weight excluding hydrogens is 430 g/mol. The molecule has 0 aromatic heterocycles. The molecule has 0 spiro atoms. The molecule has 170 valence electrons. The van der Waals surface area contributed by atoms with E-state index in [4.69, 9.17) is 14.7 Å². The standard InChI is InChI=1S/C27H23N3O4/c28-13-16-1-3-17(4-2-16)18-5-7-22-21(11-18)26-20(23(14-31)29-22)9-10-30(26)27(32)19-6-8-24-25(12-19)34-15-33-24/h1-8,11-12,20,23,26,29,31H,9-10,14-15H2/t20-,23+,26-/m0/s1. The minimum Gasteiger partial charge on any atom is -0.454 e. The number of hydrogen-bond acceptors (Lipinski definition) is 6. The molecule has 2 N–H and O–H groups in total. The molecule has 0 bridgehead atoms. The lowest BCUT2D eigenvalue weighted by Gasteiger charge is -2.39. The SMILES string of the molecule is N#Cc1ccc(-c2ccc3c(c2)[C@@H]2[C@@H](CCN2C(=O)c2ccc4c(c2)OCO4)[C@@H](CO)N3)cc1. The summed E-state index contributed by atoms with van der Waals surface area (Å²) in [4.78, 5) is 15.6. The molecule has 3 aliphatic heterocycles. The van der Waals surface area contributed by atoms with Gasteiger partial charge in [-0.05, 0) is 65.6 Å². The van der Waals surface area contributed by atoms with E-state index < -0.39 is 0 Å². The number of benzene rings is 3. The van der Waals surface area contributed by atoms with Crippen molar-refractivity contribution in [2.75, 3.05) is 25.3 Å². The van der Waals surface area contributed by atoms with Crippen molar-refractivity contribution in [2.24, 2.45) is 5.92 Å². The van der Waals surface area contributed by atoms with Gasteiger partial charge in [0.25, 0.3) is 5.91 Å². The fraction of sp³-hybridized carbons (Fsp3) is 0.259. The van der Waals surface area contributed by atoms with Gasteiger partial charge >= 0.3 is 0 Å². The number of ether oxygens (including phenoxy) is 2. The molecule has 1 fully saturated rings. The number of nitriles is 1. The number of anilines is 1. The molecule has 3 aromatic carbocycles. The van der Waals surface area contributed by atoms with E-state index in [1.807, 2.05) is 41.3 Å². The smallest absolute Gasteiger partial charge is 0.254 e. The number of fused-ring (bicyclic) bond motifs is 4. The van der Waals surface area contributed by atoms with Gasteiger partial charge in [-0.3, -0.25) is 4.79 Å². The molecule has 1 saturated heterocycles. The van der Waals surface area contributed by atoms with Gasteiger partial charge in [-0.2, -0.15) is 5.26 Å². The number of aliphatic hydroxyl groups is 1. The monoisotopic (exact) mass is 453 g/mol. The molecular formula is C27H23N3O4. The summed E-state index contributed by atoms with van der Waals surface area (Å²) in [6.07, 6.45) is 0.805. The predicted octanol–water partition coefficient (Wildman–Crippen LogP) is 3.94. The first-order valence-electron chi connectivity index (χ1n) is 11.4. The molecule has 3 atom stereocenters. The van der Waals surface area contributed by atoms with Crippen LogP contribution in [0.2, 0.25) is 0 Å². The maximum absolute atomic E-state index is 13.6. The van der Waals surface area contributed by atoms with Gasteiger partial charge in [0.05, 0.1) is 30.3 Å². The number of carbonyl (C=O) groups excluding carboxylic acids is 1. The molecule has 0 unspecified atom stereocenters. The van der Waals surface area contributed by atoms with Gasteiger partial charge in [0.1, 0.15) is 0 Å². The third-order valence-electron chi connectivity index (χ3n) is 7.10. The topological polar surface area (TPSA) is 94.8 Å². The molecule has 7 nitrogen and oxygen atoms in total. The van der Waals surface area contributed by atoms with Crippen LogP contribution in [-0.2, 0) is 0 Å². The van der Waals surface area contributed by atoms with Gasteiger partial charge < -0.3 is 24.8 Å². The first-order chi connectivity index (χ1) is 16.7. The van der Waals surface area contributed by atoms with Crippen LogP contribution in [0.25, 0.3) is 11.1 Å². The van der Waals surface area contributed by atoms with E-state index in [9.17, 15) is 9.90 Å². The Balaban J connectivity index is 1.39. The molecule has 3 aliphatic rings. The van der Waals surface area contributed by atoms with Crippen LogP contribution in [0.4, 0.5) is 5.69 Å². The molecule has 34 heavy (non-hydrogen) atoms. The summed E-state index contributed by atoms with van der Waals surface area (Å²) < 4.78 is 10.9. The summed E-state index contributed by atoms with van der Waals surface area (Å²) in [6, 6.07) is 20.9. The third kappa shape index (κ3) is 3.27. The van der Waals surface area contributed by atoms with E-state index in [0.29, 0.717) is 29.2 Å². The van der Waals surface area contributed by atoms with E-state index in [-0.39, 0.29) is 37.3 Å². The molecule has 0 aliphatic carbocycles. The van der Waals surface area contributed by atoms with Crippen molar-refractivity contribution in [1.82, 2.24) is 4.90 Å². The highest BCUT2D eigenvalue weighted by molar-refractivity contribution is 5.95. The maximum Gasteiger partial charge on any atom is 0.254 e. The first-order valence-corrected chi connectivity index (χ1v) is 11.4. The highest BCUT2D eigenvalue weighted by atomic mass is 16.7. The van der Waals surface area contributed by atoms with Crippen LogP contribution >= 0.6 is 0 Å². The second-order valence-electron chi connectivity index (χ2n) is 8.89. The van der Waals surface area contributed by atoms with Crippen LogP contribution in [-0.4, -0.2) is 41.9 Å². The molecule has 0 radical (unpaired) electrons. The van der Waals surface area contributed by atoms with Crippen molar-refractivity contribution in [3.8, 4) is 28.7 Å². The zero-order valence-corrected chi connectivity index (χ0v) is 18.4. The lowest BCUT2D eigenvalue weighted by atomic mass is 9.82. The summed E-state index contributed by atoms with van der Waals surface area (Å²) in [5.41, 5.74) is 5.19. The third-order valence-corrected chi connectivity index (χ3v) is 7.10. The Hall–Kier alpha value is -4.02. The predicted molar refractivity (Wildman–Crippen MR) is 126 cm³/mol. The molecule has 1 amide bonds. The summed E-state index contributed by atoms with van der Waals surface area (Å²) in [6.45, 7) is 0.780. The number of hydrogen-bond donors (Lipinski definition) is 2. The summed E-state index contributed by atoms with van der Waals surface area (Å²) in [5.74, 6) is 1.28. The molecule has 0 saturated carbocycles. The van der Waals surface area contributed by atoms with Crippen LogP contribution in [0.1, 0.15) is 33.9 Å². The van der Waals surface area contributed by atoms with Crippen molar-refractivity contribution < 1.29 is 19.4 Å². The zero-order chi connectivity index (χ0) is 23.2. The molecule has 7 heteroatoms. The van der Waals surface area contributed by atoms with E-state index in [1.54, 1.807) is 18.2 Å². The number of nitrogens with one attached hydrogen (secondary N) is 1. The lowest BCUT2D eigenvalue weighted by molar-refractivity contribution is 0.0700. The van der Waals surface area contributed by atoms with Crippen molar-refractivity contribution in [3.63, 3.8) is 0 Å². The lowest BCUT2D eigenvalue weighted by Crippen LogP contribution is -2.42. The van der Waals surface area contributed by atoms with Crippen LogP contribution in [0, 0.1) is 17.2 Å². The van der Waals surface area contributed by atoms with Gasteiger partial charge in [-0.15, -0.1) is 0 Å². The molecule has 3 heterocycles. The Morgan fingerprint density at radius 1 is 1.06 bits per heavy atom. The van der Waals surface area contributed by atoms with E-state index in [2.05, 4.69) is 17.5 Å². The van der Waals surface area contributed by atoms with E-state index in [0.717, 1.165) is 28.8 Å². The van der Waals surface area contributed by atoms with Gasteiger partial charge in [-0.25, -0.2) is 0 Å². The highest BCUT2D eigenvalue weighted by Gasteiger charge is 2.46. The van der Waals surface area contributed by atoms with Crippen LogP contribution in [0.15, 0.2) is 60.7 Å². The summed E-state index contributed by atoms with van der Waals surface area (Å²) in [7, 11) is 0. The fourth-order valence-electron chi connectivity index (χ4n) is 5.40. The van der Waals surface area contributed by atoms with Crippen molar-refractivity contribution in [1.29, 1.82) is 5.26 Å². The van der Waals surface area contributed by atoms with Crippen molar-refractivity contribution in [3.05, 3.63) is 77.4 Å². The highest BCUT2D eigenvalue weighted by Crippen LogP contribution is 2.48. The van der Waals surface area contributed by atoms with Gasteiger partial charge in [0, 0.05) is 23.7 Å². The van der Waals surface area contributed by atoms with Crippen LogP contribution in [0.3, 0.4) is 0 Å². The van der Waals surface area contributed by atoms with Crippen molar-refractivity contribution >= 4 is 11.6 Å². The van der Waals surface area contributed by atoms with E-state index >= 15 is 0 Å². The van der Waals surface area contributed by atoms with Crippen LogP contribution < -0.4 is 14.8 Å². The van der Waals surface area contributed by atoms with Gasteiger partial charge in [-0.1, -0.05) is 18.2 Å². The second-order valence-corrected chi connectivity index (χ2v) is 8.89. The normalized spacial score (nSPS) is 21.9. The first kappa shape index (κ1) is 20.6. The fourth-order valence-corrected chi connectivity index (χ4v) is 5.40. The van der Waals surface area contributed by atoms with Gasteiger partial charge in [0.15, 0.2) is 11.5 Å². The average molecular weight is 453 g/mol. The minimum absolute atomic E-state index is 0.00400. The Morgan fingerprint density at radius 3 is 2.65 bits per heavy atom. The minimum atomic E-state index is -0.148. The summed E-state index contributed by atoms with van der Waals surface area (Å²) >= 11 is 0. The number of amides is 1. The van der Waals surface area contributed by atoms with Crippen LogP contribution in [0.5, 0.6) is 11.5 Å². The second kappa shape index (κ2) is 8.08.